The number of hydrogen-bond donors (Lipinski definition) is 0. The molecule has 22 heavy (non-hydrogen) atoms. The summed E-state index contributed by atoms with van der Waals surface area (Å²) in [6.07, 6.45) is -0.532. The van der Waals surface area contributed by atoms with Crippen molar-refractivity contribution < 1.29 is 18.7 Å². The van der Waals surface area contributed by atoms with Gasteiger partial charge in [-0.1, -0.05) is 0 Å². The number of rotatable bonds is 4. The number of amides is 2. The van der Waals surface area contributed by atoms with Gasteiger partial charge < -0.3 is 9.64 Å². The van der Waals surface area contributed by atoms with E-state index in [-0.39, 0.29) is 18.3 Å². The number of carbonyl (C=O) groups excluding carboxylic acids is 2. The molecular weight excluding hydrogens is 287 g/mol. The van der Waals surface area contributed by atoms with Crippen LogP contribution < -0.4 is 4.90 Å². The molecule has 1 aromatic rings. The van der Waals surface area contributed by atoms with Crippen LogP contribution in [0.25, 0.3) is 0 Å². The summed E-state index contributed by atoms with van der Waals surface area (Å²) in [6, 6.07) is 5.59. The highest BCUT2D eigenvalue weighted by atomic mass is 19.1. The van der Waals surface area contributed by atoms with E-state index in [1.54, 1.807) is 34.7 Å². The third-order valence-corrected chi connectivity index (χ3v) is 2.95. The zero-order chi connectivity index (χ0) is 16.9. The zero-order valence-electron chi connectivity index (χ0n) is 13.7. The molecule has 0 aliphatic rings. The Morgan fingerprint density at radius 1 is 1.18 bits per heavy atom. The highest BCUT2D eigenvalue weighted by Crippen LogP contribution is 2.14. The molecular formula is C16H23FN2O3. The van der Waals surface area contributed by atoms with E-state index in [0.29, 0.717) is 12.2 Å². The number of nitrogens with zero attached hydrogens (tertiary/aromatic N) is 2. The second-order valence-electron chi connectivity index (χ2n) is 5.92. The Kier molecular flexibility index (Phi) is 5.91. The minimum Gasteiger partial charge on any atom is -0.444 e. The third kappa shape index (κ3) is 5.35. The maximum absolute atomic E-state index is 12.9. The van der Waals surface area contributed by atoms with E-state index in [9.17, 15) is 14.0 Å². The second-order valence-corrected chi connectivity index (χ2v) is 5.92. The van der Waals surface area contributed by atoms with Gasteiger partial charge in [0.2, 0.25) is 5.91 Å². The van der Waals surface area contributed by atoms with Gasteiger partial charge in [-0.25, -0.2) is 9.18 Å². The van der Waals surface area contributed by atoms with Gasteiger partial charge in [0.25, 0.3) is 0 Å². The molecule has 2 amide bonds. The highest BCUT2D eigenvalue weighted by molar-refractivity contribution is 5.95. The molecule has 1 rings (SSSR count). The average molecular weight is 310 g/mol. The summed E-state index contributed by atoms with van der Waals surface area (Å²) in [5, 5.41) is 0. The van der Waals surface area contributed by atoms with Crippen LogP contribution in [0.5, 0.6) is 0 Å². The average Bonchev–Trinajstić information content (AvgIpc) is 2.42. The summed E-state index contributed by atoms with van der Waals surface area (Å²) >= 11 is 0. The monoisotopic (exact) mass is 310 g/mol. The van der Waals surface area contributed by atoms with Gasteiger partial charge in [-0.3, -0.25) is 9.69 Å². The number of likely N-dealkylation sites (N-methyl/N-ethyl adjacent to an activating group) is 2. The van der Waals surface area contributed by atoms with Crippen molar-refractivity contribution in [3.63, 3.8) is 0 Å². The quantitative estimate of drug-likeness (QED) is 0.859. The van der Waals surface area contributed by atoms with E-state index in [0.717, 1.165) is 0 Å². The van der Waals surface area contributed by atoms with Crippen molar-refractivity contribution in [1.82, 2.24) is 4.90 Å². The fourth-order valence-corrected chi connectivity index (χ4v) is 1.71. The molecule has 5 nitrogen and oxygen atoms in total. The summed E-state index contributed by atoms with van der Waals surface area (Å²) in [4.78, 5) is 27.0. The van der Waals surface area contributed by atoms with Crippen LogP contribution in [0.3, 0.4) is 0 Å². The molecule has 6 heteroatoms. The number of benzene rings is 1. The predicted molar refractivity (Wildman–Crippen MR) is 83.3 cm³/mol. The lowest BCUT2D eigenvalue weighted by atomic mass is 10.2. The molecule has 0 spiro atoms. The Balaban J connectivity index is 2.72. The zero-order valence-corrected chi connectivity index (χ0v) is 13.7. The SMILES string of the molecule is CCN(CC(=O)N(C)c1ccc(F)cc1)C(=O)OC(C)(C)C. The molecule has 0 atom stereocenters. The highest BCUT2D eigenvalue weighted by Gasteiger charge is 2.24. The lowest BCUT2D eigenvalue weighted by Gasteiger charge is -2.27. The van der Waals surface area contributed by atoms with Gasteiger partial charge in [0.05, 0.1) is 0 Å². The van der Waals surface area contributed by atoms with Crippen LogP contribution in [0.15, 0.2) is 24.3 Å². The lowest BCUT2D eigenvalue weighted by molar-refractivity contribution is -0.119. The van der Waals surface area contributed by atoms with Gasteiger partial charge in [-0.2, -0.15) is 0 Å². The summed E-state index contributed by atoms with van der Waals surface area (Å²) in [5.41, 5.74) is -0.0530. The van der Waals surface area contributed by atoms with Gasteiger partial charge in [0.15, 0.2) is 0 Å². The maximum Gasteiger partial charge on any atom is 0.410 e. The Bertz CT molecular complexity index is 523. The van der Waals surface area contributed by atoms with Crippen molar-refractivity contribution in [1.29, 1.82) is 0 Å². The van der Waals surface area contributed by atoms with Gasteiger partial charge in [-0.15, -0.1) is 0 Å². The molecule has 122 valence electrons. The van der Waals surface area contributed by atoms with Crippen LogP contribution in [0.1, 0.15) is 27.7 Å². The Hall–Kier alpha value is -2.11. The van der Waals surface area contributed by atoms with E-state index in [1.165, 1.54) is 34.1 Å². The number of carbonyl (C=O) groups is 2. The van der Waals surface area contributed by atoms with Crippen molar-refractivity contribution >= 4 is 17.7 Å². The van der Waals surface area contributed by atoms with Crippen LogP contribution in [-0.2, 0) is 9.53 Å². The molecule has 0 unspecified atom stereocenters. The molecule has 0 aliphatic carbocycles. The molecule has 0 fully saturated rings. The number of ether oxygens (including phenoxy) is 1. The van der Waals surface area contributed by atoms with Gasteiger partial charge in [0.1, 0.15) is 18.0 Å². The minimum atomic E-state index is -0.615. The third-order valence-electron chi connectivity index (χ3n) is 2.95. The number of hydrogen-bond acceptors (Lipinski definition) is 3. The number of halogens is 1. The minimum absolute atomic E-state index is 0.0979. The van der Waals surface area contributed by atoms with Crippen LogP contribution >= 0.6 is 0 Å². The molecule has 0 aliphatic heterocycles. The molecule has 0 bridgehead atoms. The standard InChI is InChI=1S/C16H23FN2O3/c1-6-19(15(21)22-16(2,3)4)11-14(20)18(5)13-9-7-12(17)8-10-13/h7-10H,6,11H2,1-5H3. The van der Waals surface area contributed by atoms with Gasteiger partial charge in [-0.05, 0) is 52.0 Å². The Morgan fingerprint density at radius 3 is 2.18 bits per heavy atom. The van der Waals surface area contributed by atoms with Crippen LogP contribution in [0.2, 0.25) is 0 Å². The topological polar surface area (TPSA) is 49.9 Å². The molecule has 0 radical (unpaired) electrons. The first kappa shape index (κ1) is 17.9. The molecule has 0 heterocycles. The molecule has 0 saturated heterocycles. The van der Waals surface area contributed by atoms with Crippen molar-refractivity contribution in [3.05, 3.63) is 30.1 Å². The van der Waals surface area contributed by atoms with Crippen molar-refractivity contribution in [2.75, 3.05) is 25.0 Å². The van der Waals surface area contributed by atoms with E-state index >= 15 is 0 Å². The molecule has 0 saturated carbocycles. The largest absolute Gasteiger partial charge is 0.444 e. The van der Waals surface area contributed by atoms with Crippen LogP contribution in [0.4, 0.5) is 14.9 Å². The van der Waals surface area contributed by atoms with Gasteiger partial charge in [0, 0.05) is 19.3 Å². The first-order valence-corrected chi connectivity index (χ1v) is 7.14. The van der Waals surface area contributed by atoms with Crippen LogP contribution in [-0.4, -0.2) is 42.6 Å². The van der Waals surface area contributed by atoms with E-state index in [1.807, 2.05) is 0 Å². The Morgan fingerprint density at radius 2 is 1.73 bits per heavy atom. The van der Waals surface area contributed by atoms with E-state index < -0.39 is 11.7 Å². The van der Waals surface area contributed by atoms with Crippen molar-refractivity contribution in [2.24, 2.45) is 0 Å². The Labute approximate surface area is 130 Å². The van der Waals surface area contributed by atoms with E-state index in [4.69, 9.17) is 4.74 Å². The summed E-state index contributed by atoms with van der Waals surface area (Å²) < 4.78 is 18.2. The maximum atomic E-state index is 12.9. The summed E-state index contributed by atoms with van der Waals surface area (Å²) in [5.74, 6) is -0.646. The normalized spacial score (nSPS) is 11.0. The summed E-state index contributed by atoms with van der Waals surface area (Å²) in [6.45, 7) is 7.34. The first-order chi connectivity index (χ1) is 10.1. The summed E-state index contributed by atoms with van der Waals surface area (Å²) in [7, 11) is 1.58. The smallest absolute Gasteiger partial charge is 0.410 e. The molecule has 1 aromatic carbocycles. The fraction of sp³-hybridized carbons (Fsp3) is 0.500. The second kappa shape index (κ2) is 7.24. The van der Waals surface area contributed by atoms with Crippen molar-refractivity contribution in [3.8, 4) is 0 Å². The van der Waals surface area contributed by atoms with E-state index in [2.05, 4.69) is 0 Å². The van der Waals surface area contributed by atoms with Gasteiger partial charge >= 0.3 is 6.09 Å². The molecule has 0 aromatic heterocycles. The fourth-order valence-electron chi connectivity index (χ4n) is 1.71. The van der Waals surface area contributed by atoms with Crippen LogP contribution in [0, 0.1) is 5.82 Å². The first-order valence-electron chi connectivity index (χ1n) is 7.14. The molecule has 0 N–H and O–H groups in total. The predicted octanol–water partition coefficient (Wildman–Crippen LogP) is 3.05. The lowest BCUT2D eigenvalue weighted by Crippen LogP contribution is -2.43. The number of anilines is 1. The van der Waals surface area contributed by atoms with Crippen molar-refractivity contribution in [2.45, 2.75) is 33.3 Å².